The van der Waals surface area contributed by atoms with Crippen LogP contribution in [0.5, 0.6) is 5.75 Å². The van der Waals surface area contributed by atoms with Crippen LogP contribution in [0.15, 0.2) is 30.3 Å². The lowest BCUT2D eigenvalue weighted by atomic mass is 9.76. The summed E-state index contributed by atoms with van der Waals surface area (Å²) >= 11 is 0. The van der Waals surface area contributed by atoms with Crippen LogP contribution in [-0.2, 0) is 4.74 Å². The van der Waals surface area contributed by atoms with Crippen molar-refractivity contribution in [3.05, 3.63) is 64.5 Å². The number of hydrogen-bond acceptors (Lipinski definition) is 3. The third-order valence-electron chi connectivity index (χ3n) is 8.43. The maximum Gasteiger partial charge on any atom is 0.341 e. The second kappa shape index (κ2) is 12.8. The first kappa shape index (κ1) is 27.5. The van der Waals surface area contributed by atoms with E-state index in [1.165, 1.54) is 44.9 Å². The predicted octanol–water partition coefficient (Wildman–Crippen LogP) is 8.85. The molecule has 0 unspecified atom stereocenters. The lowest BCUT2D eigenvalue weighted by molar-refractivity contribution is 0.0188. The summed E-state index contributed by atoms with van der Waals surface area (Å²) in [5, 5.41) is 0. The van der Waals surface area contributed by atoms with Gasteiger partial charge in [0.05, 0.1) is 12.7 Å². The van der Waals surface area contributed by atoms with Gasteiger partial charge in [-0.3, -0.25) is 0 Å². The van der Waals surface area contributed by atoms with Crippen LogP contribution in [0.4, 0.5) is 13.2 Å². The number of methoxy groups -OCH3 is 1. The summed E-state index contributed by atoms with van der Waals surface area (Å²) in [6.45, 7) is 2.20. The van der Waals surface area contributed by atoms with Gasteiger partial charge in [-0.1, -0.05) is 44.7 Å². The first-order valence-electron chi connectivity index (χ1n) is 13.9. The van der Waals surface area contributed by atoms with Gasteiger partial charge in [-0.05, 0) is 92.4 Å². The number of unbranched alkanes of at least 4 members (excludes halogenated alkanes) is 2. The van der Waals surface area contributed by atoms with E-state index in [0.717, 1.165) is 25.7 Å². The highest BCUT2D eigenvalue weighted by Crippen LogP contribution is 2.40. The van der Waals surface area contributed by atoms with E-state index < -0.39 is 23.7 Å². The molecule has 0 N–H and O–H groups in total. The minimum Gasteiger partial charge on any atom is -0.497 e. The molecule has 0 heterocycles. The number of carbonyl (C=O) groups is 1. The first-order valence-corrected chi connectivity index (χ1v) is 13.9. The molecular formula is C31H39F3O3. The zero-order valence-electron chi connectivity index (χ0n) is 22.0. The number of ether oxygens (including phenoxy) is 2. The fraction of sp³-hybridized carbons (Fsp3) is 0.581. The Morgan fingerprint density at radius 3 is 2.14 bits per heavy atom. The Kier molecular flexibility index (Phi) is 9.55. The van der Waals surface area contributed by atoms with Crippen LogP contribution in [-0.4, -0.2) is 19.2 Å². The van der Waals surface area contributed by atoms with Gasteiger partial charge in [-0.15, -0.1) is 0 Å². The molecule has 2 saturated carbocycles. The van der Waals surface area contributed by atoms with Crippen LogP contribution in [0.25, 0.3) is 0 Å². The highest BCUT2D eigenvalue weighted by molar-refractivity contribution is 5.90. The second-order valence-corrected chi connectivity index (χ2v) is 10.8. The van der Waals surface area contributed by atoms with Gasteiger partial charge >= 0.3 is 5.97 Å². The molecule has 0 aromatic heterocycles. The molecule has 0 atom stereocenters. The molecule has 0 aliphatic heterocycles. The minimum atomic E-state index is -1.11. The molecule has 2 aliphatic rings. The van der Waals surface area contributed by atoms with E-state index in [9.17, 15) is 13.6 Å². The summed E-state index contributed by atoms with van der Waals surface area (Å²) in [5.41, 5.74) is 0.658. The molecule has 4 rings (SSSR count). The lowest BCUT2D eigenvalue weighted by Gasteiger charge is -2.30. The van der Waals surface area contributed by atoms with Crippen molar-refractivity contribution in [2.45, 2.75) is 102 Å². The van der Waals surface area contributed by atoms with E-state index in [0.29, 0.717) is 48.5 Å². The molecule has 0 radical (unpaired) electrons. The average Bonchev–Trinajstić information content (AvgIpc) is 2.91. The summed E-state index contributed by atoms with van der Waals surface area (Å²) in [6.07, 6.45) is 10.7. The van der Waals surface area contributed by atoms with E-state index in [2.05, 4.69) is 6.92 Å². The van der Waals surface area contributed by atoms with Crippen LogP contribution in [0.2, 0.25) is 0 Å². The highest BCUT2D eigenvalue weighted by Gasteiger charge is 2.30. The van der Waals surface area contributed by atoms with Crippen molar-refractivity contribution < 1.29 is 27.4 Å². The van der Waals surface area contributed by atoms with Gasteiger partial charge in [0.15, 0.2) is 11.6 Å². The first-order chi connectivity index (χ1) is 17.9. The molecule has 37 heavy (non-hydrogen) atoms. The van der Waals surface area contributed by atoms with Crippen LogP contribution in [0.1, 0.15) is 117 Å². The molecule has 0 saturated heterocycles. The Labute approximate surface area is 218 Å². The second-order valence-electron chi connectivity index (χ2n) is 10.8. The van der Waals surface area contributed by atoms with E-state index in [4.69, 9.17) is 9.47 Å². The number of rotatable bonds is 9. The molecule has 6 heteroatoms. The number of hydrogen-bond donors (Lipinski definition) is 0. The molecule has 2 fully saturated rings. The largest absolute Gasteiger partial charge is 0.497 e. The van der Waals surface area contributed by atoms with Crippen molar-refractivity contribution in [1.29, 1.82) is 0 Å². The van der Waals surface area contributed by atoms with Gasteiger partial charge in [-0.25, -0.2) is 18.0 Å². The van der Waals surface area contributed by atoms with Gasteiger partial charge in [-0.2, -0.15) is 0 Å². The van der Waals surface area contributed by atoms with Crippen LogP contribution in [0.3, 0.4) is 0 Å². The van der Waals surface area contributed by atoms with Crippen molar-refractivity contribution in [2.75, 3.05) is 7.11 Å². The summed E-state index contributed by atoms with van der Waals surface area (Å²) in [7, 11) is 1.50. The summed E-state index contributed by atoms with van der Waals surface area (Å²) in [4.78, 5) is 12.7. The zero-order chi connectivity index (χ0) is 26.4. The Hall–Kier alpha value is -2.50. The van der Waals surface area contributed by atoms with Gasteiger partial charge in [0.25, 0.3) is 0 Å². The van der Waals surface area contributed by atoms with E-state index in [1.54, 1.807) is 18.2 Å². The quantitative estimate of drug-likeness (QED) is 0.247. The standard InChI is InChI=1S/C31H39F3O3/c1-3-4-5-6-20-7-9-22(10-8-20)26-17-18-27(30(34)29(26)33)31(35)37-23-13-11-21(12-14-23)25-16-15-24(36-2)19-28(25)32/h15-23H,3-14H2,1-2H3. The lowest BCUT2D eigenvalue weighted by Crippen LogP contribution is -2.25. The van der Waals surface area contributed by atoms with Crippen LogP contribution >= 0.6 is 0 Å². The van der Waals surface area contributed by atoms with Gasteiger partial charge in [0, 0.05) is 6.07 Å². The summed E-state index contributed by atoms with van der Waals surface area (Å²) < 4.78 is 55.1. The van der Waals surface area contributed by atoms with Gasteiger partial charge in [0.2, 0.25) is 0 Å². The normalized spacial score (nSPS) is 24.0. The van der Waals surface area contributed by atoms with Crippen molar-refractivity contribution >= 4 is 5.97 Å². The highest BCUT2D eigenvalue weighted by atomic mass is 19.2. The Morgan fingerprint density at radius 2 is 1.49 bits per heavy atom. The third kappa shape index (κ3) is 6.69. The summed E-state index contributed by atoms with van der Waals surface area (Å²) in [6, 6.07) is 7.80. The average molecular weight is 517 g/mol. The zero-order valence-corrected chi connectivity index (χ0v) is 22.0. The molecular weight excluding hydrogens is 477 g/mol. The maximum absolute atomic E-state index is 15.0. The molecule has 0 spiro atoms. The van der Waals surface area contributed by atoms with Gasteiger partial charge in [0.1, 0.15) is 17.7 Å². The number of esters is 1. The predicted molar refractivity (Wildman–Crippen MR) is 139 cm³/mol. The molecule has 0 bridgehead atoms. The molecule has 2 aromatic carbocycles. The van der Waals surface area contributed by atoms with Crippen LogP contribution < -0.4 is 4.74 Å². The van der Waals surface area contributed by atoms with Gasteiger partial charge < -0.3 is 9.47 Å². The van der Waals surface area contributed by atoms with E-state index in [1.807, 2.05) is 0 Å². The minimum absolute atomic E-state index is 0.00405. The monoisotopic (exact) mass is 516 g/mol. The van der Waals surface area contributed by atoms with Crippen molar-refractivity contribution in [3.8, 4) is 5.75 Å². The van der Waals surface area contributed by atoms with Crippen LogP contribution in [0, 0.1) is 23.4 Å². The topological polar surface area (TPSA) is 35.5 Å². The fourth-order valence-electron chi connectivity index (χ4n) is 6.15. The maximum atomic E-state index is 15.0. The third-order valence-corrected chi connectivity index (χ3v) is 8.43. The number of halogens is 3. The molecule has 202 valence electrons. The molecule has 0 amide bonds. The smallest absolute Gasteiger partial charge is 0.341 e. The van der Waals surface area contributed by atoms with Crippen molar-refractivity contribution in [1.82, 2.24) is 0 Å². The number of benzene rings is 2. The van der Waals surface area contributed by atoms with E-state index in [-0.39, 0.29) is 23.2 Å². The van der Waals surface area contributed by atoms with E-state index >= 15 is 4.39 Å². The Bertz CT molecular complexity index is 1050. The summed E-state index contributed by atoms with van der Waals surface area (Å²) in [5.74, 6) is -1.99. The van der Waals surface area contributed by atoms with Crippen molar-refractivity contribution in [2.24, 2.45) is 5.92 Å². The molecule has 3 nitrogen and oxygen atoms in total. The number of carbonyl (C=O) groups excluding carboxylic acids is 1. The Balaban J connectivity index is 1.31. The molecule has 2 aliphatic carbocycles. The Morgan fingerprint density at radius 1 is 0.838 bits per heavy atom. The fourth-order valence-corrected chi connectivity index (χ4v) is 6.15. The molecule has 2 aromatic rings. The SMILES string of the molecule is CCCCCC1CCC(c2ccc(C(=O)OC3CCC(c4ccc(OC)cc4F)CC3)c(F)c2F)CC1. The van der Waals surface area contributed by atoms with Crippen molar-refractivity contribution in [3.63, 3.8) is 0 Å².